The molecule has 1 aliphatic rings. The summed E-state index contributed by atoms with van der Waals surface area (Å²) in [4.78, 5) is 15.0. The largest absolute Gasteiger partial charge is 0.495 e. The third-order valence-corrected chi connectivity index (χ3v) is 7.42. The highest BCUT2D eigenvalue weighted by atomic mass is 32.2. The van der Waals surface area contributed by atoms with Gasteiger partial charge in [0.1, 0.15) is 11.5 Å². The normalized spacial score (nSPS) is 15.5. The van der Waals surface area contributed by atoms with Gasteiger partial charge in [0.25, 0.3) is 15.9 Å². The molecule has 1 unspecified atom stereocenters. The molecule has 0 aromatic heterocycles. The van der Waals surface area contributed by atoms with Gasteiger partial charge in [-0.2, -0.15) is 0 Å². The van der Waals surface area contributed by atoms with Gasteiger partial charge in [0.2, 0.25) is 0 Å². The van der Waals surface area contributed by atoms with Crippen molar-refractivity contribution in [2.75, 3.05) is 43.5 Å². The second-order valence-corrected chi connectivity index (χ2v) is 10.00. The van der Waals surface area contributed by atoms with Gasteiger partial charge in [-0.1, -0.05) is 24.3 Å². The van der Waals surface area contributed by atoms with Crippen molar-refractivity contribution in [3.05, 3.63) is 78.4 Å². The molecule has 0 saturated carbocycles. The summed E-state index contributed by atoms with van der Waals surface area (Å²) >= 11 is 0. The monoisotopic (exact) mass is 495 g/mol. The fraction of sp³-hybridized carbons (Fsp3) is 0.269. The Morgan fingerprint density at radius 1 is 0.943 bits per heavy atom. The highest BCUT2D eigenvalue weighted by Crippen LogP contribution is 2.32. The molecule has 1 amide bonds. The standard InChI is InChI=1S/C26H29N3O5S/c1-33-24-9-5-3-7-22(24)28-35(31,32)21-13-11-20(12-14-21)26(30)27-17-19-15-16-29(18-19)23-8-4-6-10-25(23)34-2/h3-14,19,28H,15-18H2,1-2H3,(H,27,30). The number of carbonyl (C=O) groups is 1. The van der Waals surface area contributed by atoms with E-state index < -0.39 is 10.0 Å². The van der Waals surface area contributed by atoms with E-state index in [2.05, 4.69) is 14.9 Å². The molecule has 1 atom stereocenters. The third kappa shape index (κ3) is 5.68. The highest BCUT2D eigenvalue weighted by Gasteiger charge is 2.25. The van der Waals surface area contributed by atoms with Crippen molar-refractivity contribution in [3.63, 3.8) is 0 Å². The maximum absolute atomic E-state index is 12.8. The number of methoxy groups -OCH3 is 2. The summed E-state index contributed by atoms with van der Waals surface area (Å²) in [6.07, 6.45) is 0.962. The Morgan fingerprint density at radius 2 is 1.60 bits per heavy atom. The van der Waals surface area contributed by atoms with E-state index >= 15 is 0 Å². The molecular formula is C26H29N3O5S. The predicted octanol–water partition coefficient (Wildman–Crippen LogP) is 3.76. The molecule has 4 rings (SSSR count). The van der Waals surface area contributed by atoms with Crippen molar-refractivity contribution >= 4 is 27.3 Å². The van der Waals surface area contributed by atoms with Crippen LogP contribution in [0.1, 0.15) is 16.8 Å². The van der Waals surface area contributed by atoms with Crippen LogP contribution >= 0.6 is 0 Å². The van der Waals surface area contributed by atoms with Gasteiger partial charge in [0.05, 0.1) is 30.5 Å². The molecule has 1 aliphatic heterocycles. The number of para-hydroxylation sites is 4. The fourth-order valence-electron chi connectivity index (χ4n) is 4.17. The molecule has 184 valence electrons. The number of benzene rings is 3. The predicted molar refractivity (Wildman–Crippen MR) is 136 cm³/mol. The SMILES string of the molecule is COc1ccccc1NS(=O)(=O)c1ccc(C(=O)NCC2CCN(c3ccccc3OC)C2)cc1. The minimum absolute atomic E-state index is 0.0585. The van der Waals surface area contributed by atoms with Crippen LogP contribution in [0.2, 0.25) is 0 Å². The van der Waals surface area contributed by atoms with Crippen molar-refractivity contribution in [2.24, 2.45) is 5.92 Å². The summed E-state index contributed by atoms with van der Waals surface area (Å²) in [7, 11) is -0.691. The molecule has 8 nitrogen and oxygen atoms in total. The van der Waals surface area contributed by atoms with Gasteiger partial charge in [0, 0.05) is 25.2 Å². The number of sulfonamides is 1. The number of hydrogen-bond donors (Lipinski definition) is 2. The number of carbonyl (C=O) groups excluding carboxylic acids is 1. The van der Waals surface area contributed by atoms with Crippen molar-refractivity contribution in [1.82, 2.24) is 5.32 Å². The van der Waals surface area contributed by atoms with E-state index in [-0.39, 0.29) is 10.8 Å². The van der Waals surface area contributed by atoms with E-state index in [1.807, 2.05) is 24.3 Å². The Balaban J connectivity index is 1.34. The van der Waals surface area contributed by atoms with Crippen LogP contribution in [0.5, 0.6) is 11.5 Å². The first-order valence-electron chi connectivity index (χ1n) is 11.3. The number of amides is 1. The van der Waals surface area contributed by atoms with Crippen LogP contribution in [0.4, 0.5) is 11.4 Å². The van der Waals surface area contributed by atoms with Crippen molar-refractivity contribution in [2.45, 2.75) is 11.3 Å². The lowest BCUT2D eigenvalue weighted by Gasteiger charge is -2.21. The van der Waals surface area contributed by atoms with E-state index in [0.29, 0.717) is 29.5 Å². The quantitative estimate of drug-likeness (QED) is 0.469. The van der Waals surface area contributed by atoms with E-state index in [0.717, 1.165) is 30.9 Å². The molecule has 0 radical (unpaired) electrons. The van der Waals surface area contributed by atoms with E-state index in [1.54, 1.807) is 31.4 Å². The maximum atomic E-state index is 12.8. The van der Waals surface area contributed by atoms with Crippen LogP contribution in [0, 0.1) is 5.92 Å². The molecule has 9 heteroatoms. The minimum Gasteiger partial charge on any atom is -0.495 e. The van der Waals surface area contributed by atoms with Crippen LogP contribution in [0.25, 0.3) is 0 Å². The van der Waals surface area contributed by atoms with Gasteiger partial charge >= 0.3 is 0 Å². The second-order valence-electron chi connectivity index (χ2n) is 8.31. The van der Waals surface area contributed by atoms with Crippen LogP contribution < -0.4 is 24.4 Å². The Labute approximate surface area is 205 Å². The lowest BCUT2D eigenvalue weighted by molar-refractivity contribution is 0.0948. The Morgan fingerprint density at radius 3 is 2.31 bits per heavy atom. The molecule has 1 heterocycles. The van der Waals surface area contributed by atoms with E-state index in [1.165, 1.54) is 31.4 Å². The molecule has 0 spiro atoms. The van der Waals surface area contributed by atoms with Gasteiger partial charge in [-0.25, -0.2) is 8.42 Å². The van der Waals surface area contributed by atoms with Crippen LogP contribution in [-0.4, -0.2) is 48.2 Å². The maximum Gasteiger partial charge on any atom is 0.262 e. The first kappa shape index (κ1) is 24.4. The third-order valence-electron chi connectivity index (χ3n) is 6.04. The fourth-order valence-corrected chi connectivity index (χ4v) is 5.24. The molecule has 0 bridgehead atoms. The topological polar surface area (TPSA) is 97.0 Å². The Hall–Kier alpha value is -3.72. The van der Waals surface area contributed by atoms with Gasteiger partial charge < -0.3 is 19.7 Å². The molecular weight excluding hydrogens is 466 g/mol. The molecule has 1 saturated heterocycles. The summed E-state index contributed by atoms with van der Waals surface area (Å²) in [5.74, 6) is 1.34. The molecule has 3 aromatic carbocycles. The average Bonchev–Trinajstić information content (AvgIpc) is 3.36. The zero-order valence-corrected chi connectivity index (χ0v) is 20.5. The van der Waals surface area contributed by atoms with Crippen molar-refractivity contribution in [1.29, 1.82) is 0 Å². The molecule has 1 fully saturated rings. The van der Waals surface area contributed by atoms with Gasteiger partial charge in [-0.3, -0.25) is 9.52 Å². The number of anilines is 2. The minimum atomic E-state index is -3.83. The van der Waals surface area contributed by atoms with Crippen LogP contribution in [0.3, 0.4) is 0 Å². The van der Waals surface area contributed by atoms with Crippen molar-refractivity contribution < 1.29 is 22.7 Å². The highest BCUT2D eigenvalue weighted by molar-refractivity contribution is 7.92. The zero-order chi connectivity index (χ0) is 24.8. The van der Waals surface area contributed by atoms with Crippen LogP contribution in [0.15, 0.2) is 77.7 Å². The van der Waals surface area contributed by atoms with Gasteiger partial charge in [-0.05, 0) is 60.9 Å². The first-order valence-corrected chi connectivity index (χ1v) is 12.8. The van der Waals surface area contributed by atoms with Crippen LogP contribution in [-0.2, 0) is 10.0 Å². The lowest BCUT2D eigenvalue weighted by Crippen LogP contribution is -2.31. The summed E-state index contributed by atoms with van der Waals surface area (Å²) in [5, 5.41) is 2.98. The van der Waals surface area contributed by atoms with Gasteiger partial charge in [0.15, 0.2) is 0 Å². The Kier molecular flexibility index (Phi) is 7.45. The molecule has 3 aromatic rings. The first-order chi connectivity index (χ1) is 16.9. The number of hydrogen-bond acceptors (Lipinski definition) is 6. The number of nitrogens with zero attached hydrogens (tertiary/aromatic N) is 1. The van der Waals surface area contributed by atoms with Gasteiger partial charge in [-0.15, -0.1) is 0 Å². The zero-order valence-electron chi connectivity index (χ0n) is 19.7. The second kappa shape index (κ2) is 10.7. The lowest BCUT2D eigenvalue weighted by atomic mass is 10.1. The summed E-state index contributed by atoms with van der Waals surface area (Å²) in [6, 6.07) is 20.6. The number of nitrogens with one attached hydrogen (secondary N) is 2. The van der Waals surface area contributed by atoms with E-state index in [9.17, 15) is 13.2 Å². The molecule has 35 heavy (non-hydrogen) atoms. The average molecular weight is 496 g/mol. The number of rotatable bonds is 9. The Bertz CT molecular complexity index is 1280. The smallest absolute Gasteiger partial charge is 0.262 e. The number of ether oxygens (including phenoxy) is 2. The summed E-state index contributed by atoms with van der Waals surface area (Å²) in [6.45, 7) is 2.26. The van der Waals surface area contributed by atoms with E-state index in [4.69, 9.17) is 9.47 Å². The summed E-state index contributed by atoms with van der Waals surface area (Å²) in [5.41, 5.74) is 1.80. The molecule has 0 aliphatic carbocycles. The summed E-state index contributed by atoms with van der Waals surface area (Å²) < 4.78 is 38.7. The van der Waals surface area contributed by atoms with Crippen molar-refractivity contribution in [3.8, 4) is 11.5 Å². The molecule has 2 N–H and O–H groups in total.